The summed E-state index contributed by atoms with van der Waals surface area (Å²) in [7, 11) is 5.66. The number of hydrogen-bond acceptors (Lipinski definition) is 6. The van der Waals surface area contributed by atoms with Crippen molar-refractivity contribution in [2.24, 2.45) is 0 Å². The fourth-order valence-corrected chi connectivity index (χ4v) is 2.89. The normalized spacial score (nSPS) is 11.3. The fraction of sp³-hybridized carbons (Fsp3) is 0.333. The van der Waals surface area contributed by atoms with Crippen LogP contribution in [-0.2, 0) is 27.2 Å². The van der Waals surface area contributed by atoms with Crippen LogP contribution >= 0.6 is 0 Å². The third kappa shape index (κ3) is 5.16. The zero-order valence-electron chi connectivity index (χ0n) is 16.5. The van der Waals surface area contributed by atoms with Crippen LogP contribution in [0, 0.1) is 0 Å². The van der Waals surface area contributed by atoms with E-state index in [1.807, 2.05) is 30.3 Å². The fourth-order valence-electron chi connectivity index (χ4n) is 2.89. The van der Waals surface area contributed by atoms with Gasteiger partial charge in [-0.1, -0.05) is 36.4 Å². The van der Waals surface area contributed by atoms with Crippen LogP contribution in [0.3, 0.4) is 0 Å². The van der Waals surface area contributed by atoms with Crippen LogP contribution < -0.4 is 9.47 Å². The lowest BCUT2D eigenvalue weighted by molar-refractivity contribution is -0.146. The second kappa shape index (κ2) is 10.2. The van der Waals surface area contributed by atoms with Crippen molar-refractivity contribution in [1.82, 2.24) is 4.90 Å². The van der Waals surface area contributed by atoms with Crippen molar-refractivity contribution in [2.45, 2.75) is 19.0 Å². The van der Waals surface area contributed by atoms with Crippen LogP contribution in [0.4, 0.5) is 4.79 Å². The van der Waals surface area contributed by atoms with Crippen molar-refractivity contribution in [3.8, 4) is 11.5 Å². The Bertz CT molecular complexity index is 793. The summed E-state index contributed by atoms with van der Waals surface area (Å²) < 4.78 is 20.4. The number of carbonyl (C=O) groups is 2. The largest absolute Gasteiger partial charge is 0.493 e. The summed E-state index contributed by atoms with van der Waals surface area (Å²) in [5.74, 6) is 0.585. The Kier molecular flexibility index (Phi) is 7.68. The molecule has 0 aliphatic rings. The SMILES string of the molecule is COC(=O)C(Cc1ccccc1)N(Cc1ccc(OC)c(OC)c1)C(=O)OC. The lowest BCUT2D eigenvalue weighted by Gasteiger charge is -2.29. The van der Waals surface area contributed by atoms with E-state index in [-0.39, 0.29) is 6.54 Å². The zero-order valence-corrected chi connectivity index (χ0v) is 16.5. The van der Waals surface area contributed by atoms with E-state index in [9.17, 15) is 9.59 Å². The average Bonchev–Trinajstić information content (AvgIpc) is 2.75. The third-order valence-electron chi connectivity index (χ3n) is 4.33. The maximum atomic E-state index is 12.5. The Morgan fingerprint density at radius 2 is 1.54 bits per heavy atom. The Morgan fingerprint density at radius 1 is 0.857 bits per heavy atom. The molecule has 0 N–H and O–H groups in total. The van der Waals surface area contributed by atoms with Crippen molar-refractivity contribution in [3.05, 3.63) is 59.7 Å². The van der Waals surface area contributed by atoms with Gasteiger partial charge in [0, 0.05) is 6.42 Å². The monoisotopic (exact) mass is 387 g/mol. The molecule has 1 amide bonds. The Labute approximate surface area is 164 Å². The summed E-state index contributed by atoms with van der Waals surface area (Å²) in [6.07, 6.45) is -0.322. The molecule has 0 aliphatic carbocycles. The molecule has 1 unspecified atom stereocenters. The molecule has 150 valence electrons. The first-order valence-electron chi connectivity index (χ1n) is 8.71. The number of rotatable bonds is 8. The van der Waals surface area contributed by atoms with Crippen molar-refractivity contribution >= 4 is 12.1 Å². The molecule has 7 heteroatoms. The van der Waals surface area contributed by atoms with Crippen LogP contribution in [0.15, 0.2) is 48.5 Å². The predicted octanol–water partition coefficient (Wildman–Crippen LogP) is 3.06. The van der Waals surface area contributed by atoms with Crippen molar-refractivity contribution < 1.29 is 28.5 Å². The summed E-state index contributed by atoms with van der Waals surface area (Å²) in [5.41, 5.74) is 1.66. The quantitative estimate of drug-likeness (QED) is 0.648. The minimum atomic E-state index is -0.840. The Hall–Kier alpha value is -3.22. The summed E-state index contributed by atoms with van der Waals surface area (Å²) in [6, 6.07) is 13.9. The van der Waals surface area contributed by atoms with E-state index in [0.29, 0.717) is 17.9 Å². The number of benzene rings is 2. The first-order chi connectivity index (χ1) is 13.5. The highest BCUT2D eigenvalue weighted by molar-refractivity contribution is 5.81. The van der Waals surface area contributed by atoms with E-state index in [4.69, 9.17) is 18.9 Å². The molecule has 0 aliphatic heterocycles. The Morgan fingerprint density at radius 3 is 2.11 bits per heavy atom. The molecule has 0 spiro atoms. The van der Waals surface area contributed by atoms with E-state index < -0.39 is 18.1 Å². The van der Waals surface area contributed by atoms with Gasteiger partial charge in [-0.25, -0.2) is 9.59 Å². The highest BCUT2D eigenvalue weighted by Crippen LogP contribution is 2.28. The molecule has 0 radical (unpaired) electrons. The van der Waals surface area contributed by atoms with Gasteiger partial charge in [0.05, 0.1) is 35.0 Å². The van der Waals surface area contributed by atoms with Crippen molar-refractivity contribution in [3.63, 3.8) is 0 Å². The molecule has 2 rings (SSSR count). The average molecular weight is 387 g/mol. The number of methoxy groups -OCH3 is 4. The van der Waals surface area contributed by atoms with Gasteiger partial charge in [-0.3, -0.25) is 4.90 Å². The molecule has 0 aromatic heterocycles. The lowest BCUT2D eigenvalue weighted by atomic mass is 10.0. The van der Waals surface area contributed by atoms with E-state index >= 15 is 0 Å². The topological polar surface area (TPSA) is 74.3 Å². The molecule has 0 heterocycles. The minimum absolute atomic E-state index is 0.139. The van der Waals surface area contributed by atoms with E-state index in [1.54, 1.807) is 25.3 Å². The third-order valence-corrected chi connectivity index (χ3v) is 4.33. The minimum Gasteiger partial charge on any atom is -0.493 e. The maximum Gasteiger partial charge on any atom is 0.410 e. The zero-order chi connectivity index (χ0) is 20.5. The number of esters is 1. The number of carbonyl (C=O) groups excluding carboxylic acids is 2. The molecule has 1 atom stereocenters. The van der Waals surface area contributed by atoms with Crippen LogP contribution in [-0.4, -0.2) is 51.4 Å². The van der Waals surface area contributed by atoms with Crippen LogP contribution in [0.5, 0.6) is 11.5 Å². The summed E-state index contributed by atoms with van der Waals surface area (Å²) in [5, 5.41) is 0. The number of amides is 1. The van der Waals surface area contributed by atoms with Gasteiger partial charge in [-0.2, -0.15) is 0 Å². The molecule has 0 saturated heterocycles. The predicted molar refractivity (Wildman–Crippen MR) is 103 cm³/mol. The number of ether oxygens (including phenoxy) is 4. The molecule has 7 nitrogen and oxygen atoms in total. The smallest absolute Gasteiger partial charge is 0.410 e. The van der Waals surface area contributed by atoms with Gasteiger partial charge < -0.3 is 18.9 Å². The van der Waals surface area contributed by atoms with Gasteiger partial charge in [-0.15, -0.1) is 0 Å². The van der Waals surface area contributed by atoms with Crippen LogP contribution in [0.1, 0.15) is 11.1 Å². The highest BCUT2D eigenvalue weighted by Gasteiger charge is 2.32. The highest BCUT2D eigenvalue weighted by atomic mass is 16.5. The molecule has 2 aromatic rings. The molecular formula is C21H25NO6. The molecule has 2 aromatic carbocycles. The molecule has 0 fully saturated rings. The van der Waals surface area contributed by atoms with Gasteiger partial charge in [0.25, 0.3) is 0 Å². The van der Waals surface area contributed by atoms with Gasteiger partial charge >= 0.3 is 12.1 Å². The second-order valence-electron chi connectivity index (χ2n) is 6.02. The first-order valence-corrected chi connectivity index (χ1v) is 8.71. The van der Waals surface area contributed by atoms with Gasteiger partial charge in [-0.05, 0) is 23.3 Å². The van der Waals surface area contributed by atoms with Crippen LogP contribution in [0.2, 0.25) is 0 Å². The first kappa shape index (κ1) is 21.1. The summed E-state index contributed by atoms with van der Waals surface area (Å²) in [4.78, 5) is 26.3. The van der Waals surface area contributed by atoms with E-state index in [2.05, 4.69) is 0 Å². The van der Waals surface area contributed by atoms with E-state index in [1.165, 1.54) is 26.2 Å². The number of hydrogen-bond donors (Lipinski definition) is 0. The molecule has 28 heavy (non-hydrogen) atoms. The summed E-state index contributed by atoms with van der Waals surface area (Å²) >= 11 is 0. The molecule has 0 saturated carbocycles. The van der Waals surface area contributed by atoms with E-state index in [0.717, 1.165) is 11.1 Å². The second-order valence-corrected chi connectivity index (χ2v) is 6.02. The van der Waals surface area contributed by atoms with Gasteiger partial charge in [0.1, 0.15) is 6.04 Å². The van der Waals surface area contributed by atoms with Gasteiger partial charge in [0.15, 0.2) is 11.5 Å². The molecular weight excluding hydrogens is 362 g/mol. The Balaban J connectivity index is 2.36. The van der Waals surface area contributed by atoms with Crippen molar-refractivity contribution in [1.29, 1.82) is 0 Å². The van der Waals surface area contributed by atoms with Crippen molar-refractivity contribution in [2.75, 3.05) is 28.4 Å². The lowest BCUT2D eigenvalue weighted by Crippen LogP contribution is -2.46. The maximum absolute atomic E-state index is 12.5. The summed E-state index contributed by atoms with van der Waals surface area (Å²) in [6.45, 7) is 0.139. The number of nitrogens with zero attached hydrogens (tertiary/aromatic N) is 1. The van der Waals surface area contributed by atoms with Gasteiger partial charge in [0.2, 0.25) is 0 Å². The molecule has 0 bridgehead atoms. The van der Waals surface area contributed by atoms with Crippen LogP contribution in [0.25, 0.3) is 0 Å². The standard InChI is InChI=1S/C21H25NO6/c1-25-18-11-10-16(13-19(18)26-2)14-22(21(24)28-4)17(20(23)27-3)12-15-8-6-5-7-9-15/h5-11,13,17H,12,14H2,1-4H3.